The van der Waals surface area contributed by atoms with Crippen molar-refractivity contribution >= 4 is 17.6 Å². The van der Waals surface area contributed by atoms with Gasteiger partial charge >= 0.3 is 0 Å². The van der Waals surface area contributed by atoms with Gasteiger partial charge in [-0.1, -0.05) is 37.3 Å². The molecule has 0 radical (unpaired) electrons. The second-order valence-electron chi connectivity index (χ2n) is 6.01. The molecule has 2 aromatic rings. The normalized spacial score (nSPS) is 11.0. The number of para-hydroxylation sites is 1. The lowest BCUT2D eigenvalue weighted by Crippen LogP contribution is -2.38. The summed E-state index contributed by atoms with van der Waals surface area (Å²) in [5.74, 6) is 1.59. The minimum atomic E-state index is 0.0403. The second-order valence-corrected chi connectivity index (χ2v) is 6.01. The van der Waals surface area contributed by atoms with Gasteiger partial charge in [0, 0.05) is 25.7 Å². The van der Waals surface area contributed by atoms with Crippen LogP contribution < -0.4 is 20.7 Å². The quantitative estimate of drug-likeness (QED) is 0.361. The van der Waals surface area contributed by atoms with E-state index in [4.69, 9.17) is 4.74 Å². The molecule has 0 spiro atoms. The molecule has 2 aromatic carbocycles. The van der Waals surface area contributed by atoms with E-state index in [0.717, 1.165) is 23.4 Å². The summed E-state index contributed by atoms with van der Waals surface area (Å²) in [5.41, 5.74) is 1.87. The lowest BCUT2D eigenvalue weighted by molar-refractivity contribution is -0.116. The van der Waals surface area contributed by atoms with Gasteiger partial charge in [-0.2, -0.15) is 0 Å². The minimum absolute atomic E-state index is 0.0403. The Balaban J connectivity index is 1.74. The Morgan fingerprint density at radius 2 is 1.89 bits per heavy atom. The molecule has 0 heterocycles. The van der Waals surface area contributed by atoms with Crippen LogP contribution in [0.3, 0.4) is 0 Å². The lowest BCUT2D eigenvalue weighted by Gasteiger charge is -2.13. The minimum Gasteiger partial charge on any atom is -0.492 e. The molecule has 0 fully saturated rings. The Morgan fingerprint density at radius 1 is 1.07 bits per heavy atom. The predicted octanol–water partition coefficient (Wildman–Crippen LogP) is 3.17. The second kappa shape index (κ2) is 11.6. The van der Waals surface area contributed by atoms with Crippen LogP contribution in [0.2, 0.25) is 0 Å². The third-order valence-electron chi connectivity index (χ3n) is 3.78. The average molecular weight is 368 g/mol. The number of amides is 1. The molecule has 0 aliphatic rings. The van der Waals surface area contributed by atoms with E-state index in [1.165, 1.54) is 0 Å². The maximum Gasteiger partial charge on any atom is 0.224 e. The summed E-state index contributed by atoms with van der Waals surface area (Å²) < 4.78 is 5.65. The zero-order valence-corrected chi connectivity index (χ0v) is 16.0. The highest BCUT2D eigenvalue weighted by Gasteiger charge is 2.03. The van der Waals surface area contributed by atoms with E-state index in [1.54, 1.807) is 7.05 Å². The Labute approximate surface area is 161 Å². The van der Waals surface area contributed by atoms with Gasteiger partial charge in [-0.15, -0.1) is 0 Å². The Hall–Kier alpha value is -3.02. The molecule has 1 amide bonds. The first-order valence-electron chi connectivity index (χ1n) is 9.22. The number of carbonyl (C=O) groups is 1. The van der Waals surface area contributed by atoms with E-state index in [9.17, 15) is 4.79 Å². The first-order valence-corrected chi connectivity index (χ1v) is 9.22. The van der Waals surface area contributed by atoms with Gasteiger partial charge in [0.25, 0.3) is 0 Å². The summed E-state index contributed by atoms with van der Waals surface area (Å²) >= 11 is 0. The number of hydrogen-bond donors (Lipinski definition) is 3. The van der Waals surface area contributed by atoms with Crippen LogP contribution in [0.25, 0.3) is 0 Å². The Morgan fingerprint density at radius 3 is 2.63 bits per heavy atom. The van der Waals surface area contributed by atoms with E-state index >= 15 is 0 Å². The highest BCUT2D eigenvalue weighted by Crippen LogP contribution is 2.11. The number of nitrogens with zero attached hydrogens (tertiary/aromatic N) is 1. The number of anilines is 1. The average Bonchev–Trinajstić information content (AvgIpc) is 2.68. The molecule has 0 aliphatic heterocycles. The zero-order valence-electron chi connectivity index (χ0n) is 16.0. The van der Waals surface area contributed by atoms with Crippen LogP contribution in [0.4, 0.5) is 5.69 Å². The van der Waals surface area contributed by atoms with Crippen LogP contribution in [0, 0.1) is 0 Å². The number of ether oxygens (including phenoxy) is 1. The fraction of sp³-hybridized carbons (Fsp3) is 0.333. The summed E-state index contributed by atoms with van der Waals surface area (Å²) in [5, 5.41) is 9.39. The lowest BCUT2D eigenvalue weighted by atomic mass is 10.2. The molecule has 0 aromatic heterocycles. The van der Waals surface area contributed by atoms with E-state index < -0.39 is 0 Å². The molecule has 144 valence electrons. The molecule has 2 rings (SSSR count). The van der Waals surface area contributed by atoms with Crippen LogP contribution in [0.1, 0.15) is 25.3 Å². The van der Waals surface area contributed by atoms with Gasteiger partial charge < -0.3 is 20.7 Å². The van der Waals surface area contributed by atoms with Crippen molar-refractivity contribution in [1.82, 2.24) is 10.6 Å². The summed E-state index contributed by atoms with van der Waals surface area (Å²) in [4.78, 5) is 15.9. The van der Waals surface area contributed by atoms with Crippen LogP contribution in [0.5, 0.6) is 5.75 Å². The van der Waals surface area contributed by atoms with Crippen LogP contribution in [-0.2, 0) is 11.3 Å². The number of guanidine groups is 1. The first-order chi connectivity index (χ1) is 13.2. The molecule has 0 saturated carbocycles. The van der Waals surface area contributed by atoms with Crippen LogP contribution in [-0.4, -0.2) is 32.1 Å². The standard InChI is InChI=1S/C21H28N4O2/c1-3-8-20(26)25-18-10-7-9-17(15-18)16-24-21(22-2)23-13-14-27-19-11-5-4-6-12-19/h4-7,9-12,15H,3,8,13-14,16H2,1-2H3,(H,25,26)(H2,22,23,24). The number of carbonyl (C=O) groups excluding carboxylic acids is 1. The summed E-state index contributed by atoms with van der Waals surface area (Å²) in [6.07, 6.45) is 1.37. The van der Waals surface area contributed by atoms with Gasteiger partial charge in [0.2, 0.25) is 5.91 Å². The SMILES string of the molecule is CCCC(=O)Nc1cccc(CNC(=NC)NCCOc2ccccc2)c1. The molecule has 27 heavy (non-hydrogen) atoms. The summed E-state index contributed by atoms with van der Waals surface area (Å²) in [7, 11) is 1.73. The maximum atomic E-state index is 11.7. The topological polar surface area (TPSA) is 74.8 Å². The van der Waals surface area contributed by atoms with Gasteiger partial charge in [0.05, 0.1) is 6.54 Å². The van der Waals surface area contributed by atoms with Gasteiger partial charge in [-0.3, -0.25) is 9.79 Å². The maximum absolute atomic E-state index is 11.7. The third kappa shape index (κ3) is 7.81. The molecule has 6 heteroatoms. The molecular weight excluding hydrogens is 340 g/mol. The number of aliphatic imine (C=N–C) groups is 1. The largest absolute Gasteiger partial charge is 0.492 e. The Bertz CT molecular complexity index is 732. The van der Waals surface area contributed by atoms with Crippen LogP contribution >= 0.6 is 0 Å². The van der Waals surface area contributed by atoms with Crippen molar-refractivity contribution in [1.29, 1.82) is 0 Å². The van der Waals surface area contributed by atoms with E-state index in [0.29, 0.717) is 32.1 Å². The smallest absolute Gasteiger partial charge is 0.224 e. The van der Waals surface area contributed by atoms with Gasteiger partial charge in [-0.05, 0) is 36.2 Å². The highest BCUT2D eigenvalue weighted by atomic mass is 16.5. The van der Waals surface area contributed by atoms with E-state index in [1.807, 2.05) is 61.5 Å². The predicted molar refractivity (Wildman–Crippen MR) is 110 cm³/mol. The fourth-order valence-electron chi connectivity index (χ4n) is 2.47. The molecular formula is C21H28N4O2. The summed E-state index contributed by atoms with van der Waals surface area (Å²) in [6.45, 7) is 3.78. The molecule has 0 atom stereocenters. The van der Waals surface area contributed by atoms with Crippen molar-refractivity contribution in [3.05, 3.63) is 60.2 Å². The highest BCUT2D eigenvalue weighted by molar-refractivity contribution is 5.90. The Kier molecular flexibility index (Phi) is 8.69. The molecule has 0 bridgehead atoms. The molecule has 0 saturated heterocycles. The molecule has 0 aliphatic carbocycles. The molecule has 0 unspecified atom stereocenters. The van der Waals surface area contributed by atoms with Crippen molar-refractivity contribution < 1.29 is 9.53 Å². The first kappa shape index (κ1) is 20.3. The van der Waals surface area contributed by atoms with E-state index in [-0.39, 0.29) is 5.91 Å². The van der Waals surface area contributed by atoms with Crippen molar-refractivity contribution in [3.8, 4) is 5.75 Å². The van der Waals surface area contributed by atoms with Gasteiger partial charge in [0.15, 0.2) is 5.96 Å². The third-order valence-corrected chi connectivity index (χ3v) is 3.78. The molecule has 3 N–H and O–H groups in total. The zero-order chi connectivity index (χ0) is 19.3. The van der Waals surface area contributed by atoms with Crippen molar-refractivity contribution in [2.24, 2.45) is 4.99 Å². The van der Waals surface area contributed by atoms with Crippen molar-refractivity contribution in [2.45, 2.75) is 26.3 Å². The van der Waals surface area contributed by atoms with Gasteiger partial charge in [-0.25, -0.2) is 0 Å². The number of hydrogen-bond acceptors (Lipinski definition) is 3. The van der Waals surface area contributed by atoms with Crippen LogP contribution in [0.15, 0.2) is 59.6 Å². The monoisotopic (exact) mass is 368 g/mol. The van der Waals surface area contributed by atoms with Crippen molar-refractivity contribution in [3.63, 3.8) is 0 Å². The van der Waals surface area contributed by atoms with E-state index in [2.05, 4.69) is 20.9 Å². The van der Waals surface area contributed by atoms with Crippen molar-refractivity contribution in [2.75, 3.05) is 25.5 Å². The summed E-state index contributed by atoms with van der Waals surface area (Å²) in [6, 6.07) is 17.5. The number of nitrogens with one attached hydrogen (secondary N) is 3. The fourth-order valence-corrected chi connectivity index (χ4v) is 2.47. The number of rotatable bonds is 9. The number of benzene rings is 2. The molecule has 6 nitrogen and oxygen atoms in total. The van der Waals surface area contributed by atoms with Gasteiger partial charge in [0.1, 0.15) is 12.4 Å².